The Morgan fingerprint density at radius 2 is 2.23 bits per heavy atom. The van der Waals surface area contributed by atoms with Gasteiger partial charge in [-0.15, -0.1) is 11.3 Å². The Bertz CT molecular complexity index is 565. The maximum absolute atomic E-state index is 12.4. The molecule has 0 spiro atoms. The molecular formula is C15H23N3O3S. The lowest BCUT2D eigenvalue weighted by atomic mass is 10.0. The number of nitrogens with zero attached hydrogens (tertiary/aromatic N) is 2. The molecule has 1 aromatic heterocycles. The van der Waals surface area contributed by atoms with Gasteiger partial charge >= 0.3 is 0 Å². The monoisotopic (exact) mass is 325 g/mol. The SMILES string of the molecule is C[C@H](NC(=O)c1nc(C(=O)N2CCC[C@@H]2C)cs1)C(C)(C)O. The maximum Gasteiger partial charge on any atom is 0.280 e. The van der Waals surface area contributed by atoms with Crippen LogP contribution in [0.3, 0.4) is 0 Å². The number of hydrogen-bond acceptors (Lipinski definition) is 5. The quantitative estimate of drug-likeness (QED) is 0.882. The van der Waals surface area contributed by atoms with Crippen molar-refractivity contribution < 1.29 is 14.7 Å². The lowest BCUT2D eigenvalue weighted by molar-refractivity contribution is 0.0408. The zero-order chi connectivity index (χ0) is 16.5. The number of aliphatic hydroxyl groups is 1. The van der Waals surface area contributed by atoms with E-state index in [1.165, 1.54) is 0 Å². The van der Waals surface area contributed by atoms with Gasteiger partial charge in [0.25, 0.3) is 11.8 Å². The highest BCUT2D eigenvalue weighted by molar-refractivity contribution is 7.11. The van der Waals surface area contributed by atoms with Gasteiger partial charge in [-0.2, -0.15) is 0 Å². The van der Waals surface area contributed by atoms with Crippen LogP contribution in [-0.4, -0.2) is 51.0 Å². The van der Waals surface area contributed by atoms with Gasteiger partial charge in [0.15, 0.2) is 5.01 Å². The average Bonchev–Trinajstić information content (AvgIpc) is 3.05. The van der Waals surface area contributed by atoms with E-state index in [9.17, 15) is 14.7 Å². The van der Waals surface area contributed by atoms with Gasteiger partial charge < -0.3 is 15.3 Å². The van der Waals surface area contributed by atoms with Crippen LogP contribution in [-0.2, 0) is 0 Å². The molecule has 0 radical (unpaired) electrons. The Labute approximate surface area is 134 Å². The number of likely N-dealkylation sites (tertiary alicyclic amines) is 1. The van der Waals surface area contributed by atoms with Gasteiger partial charge in [0.2, 0.25) is 0 Å². The van der Waals surface area contributed by atoms with E-state index < -0.39 is 11.6 Å². The van der Waals surface area contributed by atoms with Gasteiger partial charge in [0.05, 0.1) is 11.6 Å². The van der Waals surface area contributed by atoms with Crippen LogP contribution in [0.5, 0.6) is 0 Å². The van der Waals surface area contributed by atoms with Crippen LogP contribution in [0.1, 0.15) is 60.8 Å². The van der Waals surface area contributed by atoms with E-state index in [1.54, 1.807) is 31.1 Å². The van der Waals surface area contributed by atoms with E-state index in [-0.39, 0.29) is 22.9 Å². The fourth-order valence-corrected chi connectivity index (χ4v) is 2.99. The highest BCUT2D eigenvalue weighted by Gasteiger charge is 2.29. The number of nitrogens with one attached hydrogen (secondary N) is 1. The van der Waals surface area contributed by atoms with Crippen LogP contribution in [0.4, 0.5) is 0 Å². The molecule has 2 atom stereocenters. The molecule has 22 heavy (non-hydrogen) atoms. The first-order valence-electron chi connectivity index (χ1n) is 7.50. The molecule has 1 saturated heterocycles. The first-order valence-corrected chi connectivity index (χ1v) is 8.38. The van der Waals surface area contributed by atoms with Crippen molar-refractivity contribution in [1.29, 1.82) is 0 Å². The summed E-state index contributed by atoms with van der Waals surface area (Å²) in [6.45, 7) is 7.75. The van der Waals surface area contributed by atoms with Crippen LogP contribution in [0.15, 0.2) is 5.38 Å². The molecule has 1 aliphatic heterocycles. The normalized spacial score (nSPS) is 20.0. The van der Waals surface area contributed by atoms with Gasteiger partial charge in [-0.3, -0.25) is 9.59 Å². The summed E-state index contributed by atoms with van der Waals surface area (Å²) in [7, 11) is 0. The highest BCUT2D eigenvalue weighted by atomic mass is 32.1. The topological polar surface area (TPSA) is 82.5 Å². The number of carbonyl (C=O) groups is 2. The zero-order valence-corrected chi connectivity index (χ0v) is 14.2. The van der Waals surface area contributed by atoms with Crippen molar-refractivity contribution in [3.63, 3.8) is 0 Å². The summed E-state index contributed by atoms with van der Waals surface area (Å²) in [5.41, 5.74) is -0.698. The maximum atomic E-state index is 12.4. The molecule has 6 nitrogen and oxygen atoms in total. The van der Waals surface area contributed by atoms with Crippen LogP contribution < -0.4 is 5.32 Å². The number of thiazole rings is 1. The third-order valence-electron chi connectivity index (χ3n) is 4.14. The van der Waals surface area contributed by atoms with E-state index >= 15 is 0 Å². The van der Waals surface area contributed by atoms with Crippen molar-refractivity contribution in [3.8, 4) is 0 Å². The summed E-state index contributed by atoms with van der Waals surface area (Å²) in [5, 5.41) is 14.4. The molecule has 0 unspecified atom stereocenters. The third kappa shape index (κ3) is 3.64. The van der Waals surface area contributed by atoms with Crippen molar-refractivity contribution in [1.82, 2.24) is 15.2 Å². The van der Waals surface area contributed by atoms with E-state index in [0.717, 1.165) is 30.7 Å². The number of aromatic nitrogens is 1. The summed E-state index contributed by atoms with van der Waals surface area (Å²) in [6, 6.07) is -0.191. The van der Waals surface area contributed by atoms with Crippen LogP contribution >= 0.6 is 11.3 Å². The van der Waals surface area contributed by atoms with E-state index in [2.05, 4.69) is 10.3 Å². The molecule has 0 saturated carbocycles. The highest BCUT2D eigenvalue weighted by Crippen LogP contribution is 2.20. The number of hydrogen-bond donors (Lipinski definition) is 2. The summed E-state index contributed by atoms with van der Waals surface area (Å²) < 4.78 is 0. The van der Waals surface area contributed by atoms with Gasteiger partial charge in [0.1, 0.15) is 5.69 Å². The molecule has 2 N–H and O–H groups in total. The lowest BCUT2D eigenvalue weighted by Gasteiger charge is -2.26. The second kappa shape index (κ2) is 6.34. The largest absolute Gasteiger partial charge is 0.388 e. The van der Waals surface area contributed by atoms with Gasteiger partial charge in [-0.25, -0.2) is 4.98 Å². The Balaban J connectivity index is 2.05. The predicted octanol–water partition coefficient (Wildman–Crippen LogP) is 1.66. The minimum absolute atomic E-state index is 0.115. The minimum Gasteiger partial charge on any atom is -0.388 e. The Kier molecular flexibility index (Phi) is 4.87. The molecule has 2 amide bonds. The van der Waals surface area contributed by atoms with Crippen molar-refractivity contribution >= 4 is 23.2 Å². The second-order valence-corrected chi connectivity index (χ2v) is 7.23. The fraction of sp³-hybridized carbons (Fsp3) is 0.667. The molecule has 2 rings (SSSR count). The molecule has 0 aromatic carbocycles. The molecule has 2 heterocycles. The molecule has 0 bridgehead atoms. The summed E-state index contributed by atoms with van der Waals surface area (Å²) in [4.78, 5) is 30.5. The van der Waals surface area contributed by atoms with Crippen LogP contribution in [0.25, 0.3) is 0 Å². The number of rotatable bonds is 4. The fourth-order valence-electron chi connectivity index (χ4n) is 2.29. The van der Waals surface area contributed by atoms with Crippen LogP contribution in [0, 0.1) is 0 Å². The van der Waals surface area contributed by atoms with Crippen molar-refractivity contribution in [2.75, 3.05) is 6.54 Å². The van der Waals surface area contributed by atoms with E-state index in [4.69, 9.17) is 0 Å². The van der Waals surface area contributed by atoms with Crippen molar-refractivity contribution in [2.45, 2.75) is 58.2 Å². The molecule has 122 valence electrons. The first-order chi connectivity index (χ1) is 10.2. The van der Waals surface area contributed by atoms with E-state index in [0.29, 0.717) is 5.69 Å². The second-order valence-electron chi connectivity index (χ2n) is 6.38. The molecule has 1 aliphatic rings. The van der Waals surface area contributed by atoms with Crippen LogP contribution in [0.2, 0.25) is 0 Å². The molecule has 1 fully saturated rings. The Hall–Kier alpha value is -1.47. The summed E-state index contributed by atoms with van der Waals surface area (Å²) >= 11 is 1.15. The van der Waals surface area contributed by atoms with Gasteiger partial charge in [-0.05, 0) is 40.5 Å². The smallest absolute Gasteiger partial charge is 0.280 e. The first kappa shape index (κ1) is 16.9. The van der Waals surface area contributed by atoms with Gasteiger partial charge in [-0.1, -0.05) is 0 Å². The molecular weight excluding hydrogens is 302 g/mol. The molecule has 1 aromatic rings. The summed E-state index contributed by atoms with van der Waals surface area (Å²) in [5.74, 6) is -0.482. The zero-order valence-electron chi connectivity index (χ0n) is 13.4. The van der Waals surface area contributed by atoms with Crippen molar-refractivity contribution in [3.05, 3.63) is 16.1 Å². The summed E-state index contributed by atoms with van der Waals surface area (Å²) in [6.07, 6.45) is 2.01. The van der Waals surface area contributed by atoms with E-state index in [1.807, 2.05) is 6.92 Å². The third-order valence-corrected chi connectivity index (χ3v) is 4.98. The standard InChI is InChI=1S/C15H23N3O3S/c1-9-6-5-7-18(9)14(20)11-8-22-13(17-11)12(19)16-10(2)15(3,4)21/h8-10,21H,5-7H2,1-4H3,(H,16,19)/t9-,10-/m0/s1. The molecule has 7 heteroatoms. The Morgan fingerprint density at radius 1 is 1.55 bits per heavy atom. The number of amides is 2. The van der Waals surface area contributed by atoms with Gasteiger partial charge in [0, 0.05) is 18.0 Å². The predicted molar refractivity (Wildman–Crippen MR) is 85.1 cm³/mol. The lowest BCUT2D eigenvalue weighted by Crippen LogP contribution is -2.47. The minimum atomic E-state index is -1.02. The Morgan fingerprint density at radius 3 is 2.77 bits per heavy atom. The number of carbonyl (C=O) groups excluding carboxylic acids is 2. The average molecular weight is 325 g/mol. The van der Waals surface area contributed by atoms with Crippen molar-refractivity contribution in [2.24, 2.45) is 0 Å². The molecule has 0 aliphatic carbocycles.